The van der Waals surface area contributed by atoms with Gasteiger partial charge in [0.2, 0.25) is 5.91 Å². The minimum absolute atomic E-state index is 0.00349. The molecular weight excluding hydrogens is 374 g/mol. The van der Waals surface area contributed by atoms with E-state index in [1.165, 1.54) is 11.8 Å². The third-order valence-electron chi connectivity index (χ3n) is 4.29. The van der Waals surface area contributed by atoms with Gasteiger partial charge in [-0.2, -0.15) is 0 Å². The van der Waals surface area contributed by atoms with E-state index in [1.54, 1.807) is 30.3 Å². The molecule has 7 heteroatoms. The van der Waals surface area contributed by atoms with Gasteiger partial charge < -0.3 is 14.8 Å². The molecule has 2 aromatic carbocycles. The molecule has 26 heavy (non-hydrogen) atoms. The van der Waals surface area contributed by atoms with Crippen LogP contribution in [0.15, 0.2) is 36.4 Å². The van der Waals surface area contributed by atoms with Crippen LogP contribution in [0.25, 0.3) is 0 Å². The first-order valence-electron chi connectivity index (χ1n) is 8.24. The highest BCUT2D eigenvalue weighted by molar-refractivity contribution is 8.01. The van der Waals surface area contributed by atoms with Crippen molar-refractivity contribution in [3.05, 3.63) is 52.5 Å². The fraction of sp³-hybridized carbons (Fsp3) is 0.263. The first-order chi connectivity index (χ1) is 12.6. The fourth-order valence-electron chi connectivity index (χ4n) is 3.00. The Labute approximate surface area is 160 Å². The Hall–Kier alpha value is -2.18. The van der Waals surface area contributed by atoms with Crippen LogP contribution in [0, 0.1) is 0 Å². The van der Waals surface area contributed by atoms with Gasteiger partial charge in [0.25, 0.3) is 0 Å². The number of hydrogen-bond donors (Lipinski definition) is 1. The number of fused-ring (bicyclic) bond motifs is 2. The van der Waals surface area contributed by atoms with Crippen LogP contribution in [0.1, 0.15) is 15.9 Å². The summed E-state index contributed by atoms with van der Waals surface area (Å²) in [6.45, 7) is 0.954. The van der Waals surface area contributed by atoms with Gasteiger partial charge in [-0.15, -0.1) is 11.8 Å². The number of carbonyl (C=O) groups is 2. The zero-order chi connectivity index (χ0) is 18.1. The lowest BCUT2D eigenvalue weighted by Crippen LogP contribution is -2.27. The second kappa shape index (κ2) is 7.21. The first-order valence-corrected chi connectivity index (χ1v) is 9.66. The number of amides is 1. The maximum Gasteiger partial charge on any atom is 0.237 e. The van der Waals surface area contributed by atoms with Gasteiger partial charge in [0.05, 0.1) is 11.0 Å². The lowest BCUT2D eigenvalue weighted by Gasteiger charge is -2.20. The van der Waals surface area contributed by atoms with Crippen LogP contribution in [0.4, 0.5) is 5.69 Å². The molecule has 1 N–H and O–H groups in total. The highest BCUT2D eigenvalue weighted by Crippen LogP contribution is 2.37. The van der Waals surface area contributed by atoms with Crippen molar-refractivity contribution in [2.75, 3.05) is 24.3 Å². The Kier molecular flexibility index (Phi) is 4.78. The zero-order valence-corrected chi connectivity index (χ0v) is 15.4. The molecule has 0 spiro atoms. The largest absolute Gasteiger partial charge is 0.486 e. The Balaban J connectivity index is 1.57. The lowest BCUT2D eigenvalue weighted by atomic mass is 9.98. The number of hydrogen-bond acceptors (Lipinski definition) is 5. The van der Waals surface area contributed by atoms with Gasteiger partial charge in [0.15, 0.2) is 17.3 Å². The summed E-state index contributed by atoms with van der Waals surface area (Å²) < 4.78 is 11.2. The zero-order valence-electron chi connectivity index (χ0n) is 13.8. The summed E-state index contributed by atoms with van der Waals surface area (Å²) in [5.41, 5.74) is 2.11. The van der Waals surface area contributed by atoms with Crippen LogP contribution in [0.3, 0.4) is 0 Å². The highest BCUT2D eigenvalue weighted by atomic mass is 35.5. The SMILES string of the molecule is O=C1CSC(C(=O)Nc2ccc(Cl)cc2)Cc2cc3c(cc21)OCCO3. The van der Waals surface area contributed by atoms with E-state index in [0.717, 1.165) is 5.56 Å². The van der Waals surface area contributed by atoms with Gasteiger partial charge in [-0.25, -0.2) is 0 Å². The molecule has 4 rings (SSSR count). The normalized spacial score (nSPS) is 18.7. The molecule has 2 aromatic rings. The van der Waals surface area contributed by atoms with Crippen LogP contribution in [0.2, 0.25) is 5.02 Å². The second-order valence-electron chi connectivity index (χ2n) is 6.08. The van der Waals surface area contributed by atoms with E-state index in [-0.39, 0.29) is 22.7 Å². The molecule has 0 radical (unpaired) electrons. The molecule has 2 aliphatic heterocycles. The number of ketones is 1. The predicted octanol–water partition coefficient (Wildman–Crippen LogP) is 3.59. The van der Waals surface area contributed by atoms with Crippen LogP contribution in [-0.4, -0.2) is 35.9 Å². The van der Waals surface area contributed by atoms with Crippen LogP contribution in [-0.2, 0) is 11.2 Å². The molecule has 0 fully saturated rings. The van der Waals surface area contributed by atoms with Crippen molar-refractivity contribution in [1.29, 1.82) is 0 Å². The topological polar surface area (TPSA) is 64.6 Å². The van der Waals surface area contributed by atoms with Gasteiger partial charge in [-0.3, -0.25) is 9.59 Å². The van der Waals surface area contributed by atoms with E-state index in [2.05, 4.69) is 5.32 Å². The maximum atomic E-state index is 12.7. The standard InChI is InChI=1S/C19H16ClNO4S/c20-12-1-3-13(4-2-12)21-19(23)18-8-11-7-16-17(25-6-5-24-16)9-14(11)15(22)10-26-18/h1-4,7,9,18H,5-6,8,10H2,(H,21,23). The van der Waals surface area contributed by atoms with Crippen LogP contribution >= 0.6 is 23.4 Å². The molecule has 0 aromatic heterocycles. The molecule has 1 unspecified atom stereocenters. The quantitative estimate of drug-likeness (QED) is 0.850. The second-order valence-corrected chi connectivity index (χ2v) is 7.70. The van der Waals surface area contributed by atoms with Gasteiger partial charge in [-0.1, -0.05) is 11.6 Å². The summed E-state index contributed by atoms with van der Waals surface area (Å²) in [5.74, 6) is 1.35. The molecule has 2 heterocycles. The van der Waals surface area contributed by atoms with E-state index >= 15 is 0 Å². The minimum Gasteiger partial charge on any atom is -0.486 e. The van der Waals surface area contributed by atoms with E-state index in [9.17, 15) is 9.59 Å². The lowest BCUT2D eigenvalue weighted by molar-refractivity contribution is -0.115. The Bertz CT molecular complexity index is 869. The number of carbonyl (C=O) groups excluding carboxylic acids is 2. The van der Waals surface area contributed by atoms with Crippen molar-refractivity contribution >= 4 is 40.7 Å². The van der Waals surface area contributed by atoms with Crippen molar-refractivity contribution < 1.29 is 19.1 Å². The number of ether oxygens (including phenoxy) is 2. The number of benzene rings is 2. The maximum absolute atomic E-state index is 12.7. The van der Waals surface area contributed by atoms with Gasteiger partial charge in [0, 0.05) is 16.3 Å². The van der Waals surface area contributed by atoms with Crippen molar-refractivity contribution in [3.8, 4) is 11.5 Å². The number of anilines is 1. The molecule has 0 aliphatic carbocycles. The molecule has 5 nitrogen and oxygen atoms in total. The average Bonchev–Trinajstić information content (AvgIpc) is 2.81. The van der Waals surface area contributed by atoms with Gasteiger partial charge in [-0.05, 0) is 48.4 Å². The predicted molar refractivity (Wildman–Crippen MR) is 102 cm³/mol. The van der Waals surface area contributed by atoms with E-state index in [1.807, 2.05) is 6.07 Å². The number of Topliss-reactive ketones (excluding diaryl/α,β-unsaturated/α-hetero) is 1. The van der Waals surface area contributed by atoms with Crippen molar-refractivity contribution in [1.82, 2.24) is 0 Å². The molecule has 2 aliphatic rings. The third-order valence-corrected chi connectivity index (χ3v) is 5.76. The minimum atomic E-state index is -0.363. The molecular formula is C19H16ClNO4S. The Morgan fingerprint density at radius 1 is 1.12 bits per heavy atom. The van der Waals surface area contributed by atoms with Gasteiger partial charge >= 0.3 is 0 Å². The van der Waals surface area contributed by atoms with Gasteiger partial charge in [0.1, 0.15) is 13.2 Å². The van der Waals surface area contributed by atoms with Crippen LogP contribution < -0.4 is 14.8 Å². The average molecular weight is 390 g/mol. The first kappa shape index (κ1) is 17.2. The summed E-state index contributed by atoms with van der Waals surface area (Å²) in [6.07, 6.45) is 0.460. The monoisotopic (exact) mass is 389 g/mol. The highest BCUT2D eigenvalue weighted by Gasteiger charge is 2.29. The van der Waals surface area contributed by atoms with E-state index in [4.69, 9.17) is 21.1 Å². The van der Waals surface area contributed by atoms with Crippen molar-refractivity contribution in [2.24, 2.45) is 0 Å². The summed E-state index contributed by atoms with van der Waals surface area (Å²) in [7, 11) is 0. The fourth-order valence-corrected chi connectivity index (χ4v) is 4.14. The van der Waals surface area contributed by atoms with E-state index in [0.29, 0.717) is 47.4 Å². The molecule has 1 atom stereocenters. The number of nitrogens with one attached hydrogen (secondary N) is 1. The molecule has 134 valence electrons. The third kappa shape index (κ3) is 3.52. The summed E-state index contributed by atoms with van der Waals surface area (Å²) in [6, 6.07) is 10.5. The smallest absolute Gasteiger partial charge is 0.237 e. The number of thioether (sulfide) groups is 1. The Morgan fingerprint density at radius 2 is 1.81 bits per heavy atom. The molecule has 0 saturated carbocycles. The van der Waals surface area contributed by atoms with Crippen molar-refractivity contribution in [3.63, 3.8) is 0 Å². The summed E-state index contributed by atoms with van der Waals surface area (Å²) in [4.78, 5) is 25.2. The molecule has 1 amide bonds. The van der Waals surface area contributed by atoms with Crippen molar-refractivity contribution in [2.45, 2.75) is 11.7 Å². The van der Waals surface area contributed by atoms with E-state index < -0.39 is 0 Å². The molecule has 0 bridgehead atoms. The Morgan fingerprint density at radius 3 is 2.54 bits per heavy atom. The number of halogens is 1. The number of rotatable bonds is 2. The summed E-state index contributed by atoms with van der Waals surface area (Å²) >= 11 is 7.22. The molecule has 0 saturated heterocycles. The van der Waals surface area contributed by atoms with Crippen LogP contribution in [0.5, 0.6) is 11.5 Å². The summed E-state index contributed by atoms with van der Waals surface area (Å²) in [5, 5.41) is 3.14.